The van der Waals surface area contributed by atoms with Gasteiger partial charge in [0.05, 0.1) is 10.3 Å². The average Bonchev–Trinajstić information content (AvgIpc) is 3.08. The summed E-state index contributed by atoms with van der Waals surface area (Å²) in [7, 11) is -1.69. The third-order valence-electron chi connectivity index (χ3n) is 6.61. The number of nitrogens with two attached hydrogens (primary N) is 1. The Labute approximate surface area is 170 Å². The molecule has 0 radical (unpaired) electrons. The summed E-state index contributed by atoms with van der Waals surface area (Å²) in [6, 6.07) is 9.40. The van der Waals surface area contributed by atoms with Crippen LogP contribution in [0.2, 0.25) is 0 Å². The maximum Gasteiger partial charge on any atom is 0.269 e. The lowest BCUT2D eigenvalue weighted by Crippen LogP contribution is -2.59. The molecule has 1 spiro atoms. The van der Waals surface area contributed by atoms with Crippen LogP contribution in [0.1, 0.15) is 31.2 Å². The molecule has 2 aromatic heterocycles. The molecule has 7 nitrogen and oxygen atoms in total. The summed E-state index contributed by atoms with van der Waals surface area (Å²) >= 11 is 0. The van der Waals surface area contributed by atoms with E-state index in [1.54, 1.807) is 36.5 Å². The van der Waals surface area contributed by atoms with Crippen LogP contribution < -0.4 is 10.6 Å². The highest BCUT2D eigenvalue weighted by atomic mass is 32.2. The molecule has 2 aliphatic rings. The van der Waals surface area contributed by atoms with E-state index in [4.69, 9.17) is 5.73 Å². The molecule has 2 N–H and O–H groups in total. The molecule has 152 valence electrons. The van der Waals surface area contributed by atoms with Crippen molar-refractivity contribution in [2.24, 2.45) is 11.1 Å². The lowest BCUT2D eigenvalue weighted by atomic mass is 9.52. The van der Waals surface area contributed by atoms with Gasteiger partial charge in [0, 0.05) is 25.3 Å². The van der Waals surface area contributed by atoms with Crippen LogP contribution in [-0.2, 0) is 10.0 Å². The number of benzene rings is 1. The number of anilines is 1. The van der Waals surface area contributed by atoms with Crippen LogP contribution in [0, 0.1) is 12.3 Å². The molecule has 2 saturated carbocycles. The first-order chi connectivity index (χ1) is 13.8. The van der Waals surface area contributed by atoms with Crippen molar-refractivity contribution in [1.29, 1.82) is 0 Å². The Kier molecular flexibility index (Phi) is 4.02. The van der Waals surface area contributed by atoms with E-state index in [1.165, 1.54) is 10.3 Å². The van der Waals surface area contributed by atoms with Gasteiger partial charge in [0.2, 0.25) is 0 Å². The lowest BCUT2D eigenvalue weighted by Gasteiger charge is -2.59. The van der Waals surface area contributed by atoms with Crippen molar-refractivity contribution in [2.45, 2.75) is 49.6 Å². The monoisotopic (exact) mass is 411 g/mol. The fourth-order valence-electron chi connectivity index (χ4n) is 4.99. The molecule has 29 heavy (non-hydrogen) atoms. The molecule has 1 aromatic carbocycles. The molecule has 5 rings (SSSR count). The van der Waals surface area contributed by atoms with Crippen LogP contribution in [0.4, 0.5) is 5.82 Å². The van der Waals surface area contributed by atoms with E-state index in [2.05, 4.69) is 14.9 Å². The van der Waals surface area contributed by atoms with E-state index in [-0.39, 0.29) is 4.90 Å². The largest absolute Gasteiger partial charge is 0.356 e. The van der Waals surface area contributed by atoms with Crippen LogP contribution in [0.5, 0.6) is 0 Å². The zero-order chi connectivity index (χ0) is 20.4. The van der Waals surface area contributed by atoms with Crippen molar-refractivity contribution in [3.63, 3.8) is 0 Å². The fraction of sp³-hybridized carbons (Fsp3) is 0.429. The molecule has 0 saturated heterocycles. The number of hydrogen-bond donors (Lipinski definition) is 1. The van der Waals surface area contributed by atoms with Gasteiger partial charge < -0.3 is 10.6 Å². The summed E-state index contributed by atoms with van der Waals surface area (Å²) in [5, 5.41) is 0.747. The van der Waals surface area contributed by atoms with Crippen molar-refractivity contribution >= 4 is 26.9 Å². The van der Waals surface area contributed by atoms with E-state index < -0.39 is 10.0 Å². The number of fused-ring (bicyclic) bond motifs is 1. The van der Waals surface area contributed by atoms with Crippen molar-refractivity contribution in [3.8, 4) is 0 Å². The molecule has 0 bridgehead atoms. The van der Waals surface area contributed by atoms with E-state index in [0.29, 0.717) is 23.1 Å². The Morgan fingerprint density at radius 1 is 1.10 bits per heavy atom. The minimum Gasteiger partial charge on any atom is -0.356 e. The molecule has 2 aliphatic carbocycles. The number of aryl methyl sites for hydroxylation is 1. The van der Waals surface area contributed by atoms with Crippen LogP contribution in [0.3, 0.4) is 0 Å². The molecule has 0 unspecified atom stereocenters. The van der Waals surface area contributed by atoms with Gasteiger partial charge in [-0.2, -0.15) is 0 Å². The van der Waals surface area contributed by atoms with Crippen molar-refractivity contribution in [3.05, 3.63) is 48.4 Å². The third kappa shape index (κ3) is 2.85. The molecule has 3 aromatic rings. The van der Waals surface area contributed by atoms with Crippen LogP contribution in [0.25, 0.3) is 11.0 Å². The zero-order valence-corrected chi connectivity index (χ0v) is 17.4. The molecule has 8 heteroatoms. The Morgan fingerprint density at radius 2 is 1.79 bits per heavy atom. The minimum absolute atomic E-state index is 0.247. The highest BCUT2D eigenvalue weighted by Crippen LogP contribution is 2.57. The van der Waals surface area contributed by atoms with Gasteiger partial charge in [-0.3, -0.25) is 0 Å². The van der Waals surface area contributed by atoms with Gasteiger partial charge in [0.1, 0.15) is 12.1 Å². The summed E-state index contributed by atoms with van der Waals surface area (Å²) in [6.45, 7) is 1.93. The molecule has 2 fully saturated rings. The van der Waals surface area contributed by atoms with Crippen molar-refractivity contribution < 1.29 is 8.42 Å². The van der Waals surface area contributed by atoms with Crippen LogP contribution in [0.15, 0.2) is 47.8 Å². The Bertz CT molecular complexity index is 1170. The SMILES string of the molecule is Cc1ccc(S(=O)(=O)n2ccc3c(N(C)C4CC5(CC(N)C5)C4)ncnc32)cc1. The Morgan fingerprint density at radius 3 is 2.45 bits per heavy atom. The van der Waals surface area contributed by atoms with Gasteiger partial charge in [0.15, 0.2) is 5.65 Å². The normalized spacial score (nSPS) is 26.3. The molecule has 0 aliphatic heterocycles. The van der Waals surface area contributed by atoms with E-state index in [9.17, 15) is 8.42 Å². The van der Waals surface area contributed by atoms with Crippen LogP contribution in [-0.4, -0.2) is 41.5 Å². The fourth-order valence-corrected chi connectivity index (χ4v) is 6.29. The van der Waals surface area contributed by atoms with Gasteiger partial charge in [-0.25, -0.2) is 22.4 Å². The average molecular weight is 412 g/mol. The zero-order valence-electron chi connectivity index (χ0n) is 16.6. The van der Waals surface area contributed by atoms with Gasteiger partial charge in [-0.1, -0.05) is 17.7 Å². The molecular formula is C21H25N5O2S. The predicted octanol–water partition coefficient (Wildman–Crippen LogP) is 2.68. The summed E-state index contributed by atoms with van der Waals surface area (Å²) in [4.78, 5) is 11.2. The highest BCUT2D eigenvalue weighted by molar-refractivity contribution is 7.90. The first kappa shape index (κ1) is 18.6. The topological polar surface area (TPSA) is 94.1 Å². The summed E-state index contributed by atoms with van der Waals surface area (Å²) in [5.41, 5.74) is 7.82. The van der Waals surface area contributed by atoms with Gasteiger partial charge in [0.25, 0.3) is 10.0 Å². The molecular weight excluding hydrogens is 386 g/mol. The van der Waals surface area contributed by atoms with Gasteiger partial charge in [-0.05, 0) is 56.2 Å². The number of rotatable bonds is 4. The third-order valence-corrected chi connectivity index (χ3v) is 8.29. The summed E-state index contributed by atoms with van der Waals surface area (Å²) in [5.74, 6) is 0.774. The maximum atomic E-state index is 13.1. The maximum absolute atomic E-state index is 13.1. The Balaban J connectivity index is 1.47. The Hall–Kier alpha value is -2.45. The first-order valence-electron chi connectivity index (χ1n) is 9.92. The molecule has 0 amide bonds. The van der Waals surface area contributed by atoms with Crippen LogP contribution >= 0.6 is 0 Å². The first-order valence-corrected chi connectivity index (χ1v) is 11.4. The number of hydrogen-bond acceptors (Lipinski definition) is 6. The predicted molar refractivity (Wildman–Crippen MR) is 112 cm³/mol. The number of aromatic nitrogens is 3. The van der Waals surface area contributed by atoms with Gasteiger partial charge in [-0.15, -0.1) is 0 Å². The number of nitrogens with zero attached hydrogens (tertiary/aromatic N) is 4. The molecule has 2 heterocycles. The van der Waals surface area contributed by atoms with E-state index in [0.717, 1.165) is 42.5 Å². The van der Waals surface area contributed by atoms with Crippen molar-refractivity contribution in [1.82, 2.24) is 13.9 Å². The molecule has 0 atom stereocenters. The standard InChI is InChI=1S/C21H25N5O2S/c1-14-3-5-17(6-4-14)29(27,28)26-8-7-18-19(23-13-24-20(18)26)25(2)16-11-21(12-16)9-15(22)10-21/h3-8,13,15-16H,9-12,22H2,1-2H3. The van der Waals surface area contributed by atoms with E-state index in [1.807, 2.05) is 14.0 Å². The summed E-state index contributed by atoms with van der Waals surface area (Å²) < 4.78 is 27.5. The minimum atomic E-state index is -3.72. The van der Waals surface area contributed by atoms with E-state index >= 15 is 0 Å². The second-order valence-electron chi connectivity index (χ2n) is 8.71. The lowest BCUT2D eigenvalue weighted by molar-refractivity contribution is -0.00682. The van der Waals surface area contributed by atoms with Crippen molar-refractivity contribution in [2.75, 3.05) is 11.9 Å². The second kappa shape index (κ2) is 6.27. The second-order valence-corrected chi connectivity index (χ2v) is 10.5. The van der Waals surface area contributed by atoms with Gasteiger partial charge >= 0.3 is 0 Å². The smallest absolute Gasteiger partial charge is 0.269 e. The highest BCUT2D eigenvalue weighted by Gasteiger charge is 2.53. The summed E-state index contributed by atoms with van der Waals surface area (Å²) in [6.07, 6.45) is 7.47. The quantitative estimate of drug-likeness (QED) is 0.709.